The van der Waals surface area contributed by atoms with E-state index in [1.807, 2.05) is 49.4 Å². The first kappa shape index (κ1) is 21.2. The van der Waals surface area contributed by atoms with E-state index in [1.54, 1.807) is 36.4 Å². The fraction of sp³-hybridized carbons (Fsp3) is 0.115. The number of allylic oxidation sites excluding steroid dienone is 1. The molecule has 0 amide bonds. The number of hydrogen-bond acceptors (Lipinski definition) is 4. The van der Waals surface area contributed by atoms with Crippen LogP contribution in [-0.2, 0) is 21.9 Å². The van der Waals surface area contributed by atoms with Gasteiger partial charge in [0.1, 0.15) is 5.82 Å². The third-order valence-corrected chi connectivity index (χ3v) is 7.80. The first-order valence-corrected chi connectivity index (χ1v) is 12.0. The van der Waals surface area contributed by atoms with Gasteiger partial charge in [-0.1, -0.05) is 72.3 Å². The van der Waals surface area contributed by atoms with Gasteiger partial charge in [-0.2, -0.15) is 12.5 Å². The molecule has 1 atom stereocenters. The van der Waals surface area contributed by atoms with E-state index < -0.39 is 15.4 Å². The SMILES string of the molecule is Cc1ccc(S(=O)(=O)n2nc(N)c3c2CC(c2ccccc2)(c2cccc(F)c2)C=C3)cc1. The summed E-state index contributed by atoms with van der Waals surface area (Å²) >= 11 is 0. The van der Waals surface area contributed by atoms with E-state index in [0.29, 0.717) is 11.3 Å². The summed E-state index contributed by atoms with van der Waals surface area (Å²) in [6.07, 6.45) is 4.00. The number of hydrogen-bond donors (Lipinski definition) is 1. The van der Waals surface area contributed by atoms with Crippen molar-refractivity contribution in [3.8, 4) is 0 Å². The second kappa shape index (κ2) is 7.71. The van der Waals surface area contributed by atoms with Gasteiger partial charge in [-0.25, -0.2) is 4.39 Å². The van der Waals surface area contributed by atoms with Gasteiger partial charge >= 0.3 is 0 Å². The van der Waals surface area contributed by atoms with Crippen LogP contribution in [0.3, 0.4) is 0 Å². The molecule has 0 bridgehead atoms. The number of nitrogen functional groups attached to an aromatic ring is 1. The van der Waals surface area contributed by atoms with Crippen molar-refractivity contribution in [1.29, 1.82) is 0 Å². The van der Waals surface area contributed by atoms with Crippen LogP contribution in [0.15, 0.2) is 89.8 Å². The van der Waals surface area contributed by atoms with Crippen molar-refractivity contribution in [3.63, 3.8) is 0 Å². The maximum absolute atomic E-state index is 14.3. The molecule has 5 nitrogen and oxygen atoms in total. The maximum atomic E-state index is 14.3. The van der Waals surface area contributed by atoms with Gasteiger partial charge in [-0.3, -0.25) is 0 Å². The molecule has 1 heterocycles. The molecule has 3 aromatic carbocycles. The van der Waals surface area contributed by atoms with Crippen molar-refractivity contribution in [2.45, 2.75) is 23.7 Å². The fourth-order valence-electron chi connectivity index (χ4n) is 4.43. The number of nitrogens with zero attached hydrogens (tertiary/aromatic N) is 2. The zero-order valence-electron chi connectivity index (χ0n) is 17.9. The molecule has 0 fully saturated rings. The zero-order valence-corrected chi connectivity index (χ0v) is 18.8. The highest BCUT2D eigenvalue weighted by molar-refractivity contribution is 7.89. The molecule has 5 rings (SSSR count). The highest BCUT2D eigenvalue weighted by Gasteiger charge is 2.39. The third kappa shape index (κ3) is 3.45. The Bertz CT molecular complexity index is 1480. The first-order chi connectivity index (χ1) is 15.8. The molecular weight excluding hydrogens is 437 g/mol. The van der Waals surface area contributed by atoms with Gasteiger partial charge in [0.15, 0.2) is 5.82 Å². The predicted molar refractivity (Wildman–Crippen MR) is 127 cm³/mol. The number of rotatable bonds is 4. The Morgan fingerprint density at radius 2 is 1.67 bits per heavy atom. The van der Waals surface area contributed by atoms with Gasteiger partial charge in [0.25, 0.3) is 10.0 Å². The van der Waals surface area contributed by atoms with Crippen molar-refractivity contribution >= 4 is 21.9 Å². The van der Waals surface area contributed by atoms with E-state index >= 15 is 0 Å². The topological polar surface area (TPSA) is 78.0 Å². The maximum Gasteiger partial charge on any atom is 0.283 e. The summed E-state index contributed by atoms with van der Waals surface area (Å²) in [7, 11) is -3.98. The van der Waals surface area contributed by atoms with Crippen LogP contribution in [0, 0.1) is 12.7 Å². The summed E-state index contributed by atoms with van der Waals surface area (Å²) in [4.78, 5) is 0.129. The van der Waals surface area contributed by atoms with Gasteiger partial charge in [0, 0.05) is 17.4 Å². The summed E-state index contributed by atoms with van der Waals surface area (Å²) in [5.41, 5.74) is 8.96. The molecule has 0 aliphatic heterocycles. The summed E-state index contributed by atoms with van der Waals surface area (Å²) in [6.45, 7) is 1.89. The monoisotopic (exact) mass is 459 g/mol. The van der Waals surface area contributed by atoms with Crippen LogP contribution in [0.2, 0.25) is 0 Å². The molecule has 0 spiro atoms. The molecule has 1 aromatic heterocycles. The van der Waals surface area contributed by atoms with Crippen LogP contribution in [0.5, 0.6) is 0 Å². The Hall–Kier alpha value is -3.71. The van der Waals surface area contributed by atoms with Crippen LogP contribution in [0.4, 0.5) is 10.2 Å². The minimum atomic E-state index is -3.98. The average Bonchev–Trinajstić information content (AvgIpc) is 3.16. The van der Waals surface area contributed by atoms with Gasteiger partial charge in [0.2, 0.25) is 0 Å². The lowest BCUT2D eigenvalue weighted by Gasteiger charge is -2.35. The Morgan fingerprint density at radius 3 is 2.36 bits per heavy atom. The molecule has 0 radical (unpaired) electrons. The molecule has 33 heavy (non-hydrogen) atoms. The van der Waals surface area contributed by atoms with Crippen LogP contribution >= 0.6 is 0 Å². The summed E-state index contributed by atoms with van der Waals surface area (Å²) < 4.78 is 42.4. The molecule has 1 unspecified atom stereocenters. The predicted octanol–water partition coefficient (Wildman–Crippen LogP) is 4.71. The Morgan fingerprint density at radius 1 is 0.970 bits per heavy atom. The normalized spacial score (nSPS) is 17.6. The summed E-state index contributed by atoms with van der Waals surface area (Å²) in [5.74, 6) is -0.222. The standard InChI is InChI=1S/C26H22FN3O2S/c1-18-10-12-22(13-11-18)33(31,32)30-24-17-26(19-6-3-2-4-7-19,15-14-23(24)25(28)29-30)20-8-5-9-21(27)16-20/h2-16H,17H2,1H3,(H2,28,29). The fourth-order valence-corrected chi connectivity index (χ4v) is 5.76. The quantitative estimate of drug-likeness (QED) is 0.480. The van der Waals surface area contributed by atoms with Gasteiger partial charge in [0.05, 0.1) is 10.6 Å². The van der Waals surface area contributed by atoms with E-state index in [-0.39, 0.29) is 23.0 Å². The minimum Gasteiger partial charge on any atom is -0.382 e. The van der Waals surface area contributed by atoms with Crippen LogP contribution in [0.1, 0.15) is 27.9 Å². The number of nitrogens with two attached hydrogens (primary N) is 1. The number of benzene rings is 3. The van der Waals surface area contributed by atoms with Crippen molar-refractivity contribution < 1.29 is 12.8 Å². The molecule has 2 N–H and O–H groups in total. The largest absolute Gasteiger partial charge is 0.382 e. The van der Waals surface area contributed by atoms with Crippen LogP contribution < -0.4 is 5.73 Å². The van der Waals surface area contributed by atoms with Gasteiger partial charge < -0.3 is 5.73 Å². The number of aromatic nitrogens is 2. The number of aryl methyl sites for hydroxylation is 1. The molecule has 7 heteroatoms. The highest BCUT2D eigenvalue weighted by Crippen LogP contribution is 2.43. The summed E-state index contributed by atoms with van der Waals surface area (Å²) in [5, 5.41) is 4.21. The second-order valence-electron chi connectivity index (χ2n) is 8.26. The molecule has 166 valence electrons. The van der Waals surface area contributed by atoms with Crippen molar-refractivity contribution in [2.75, 3.05) is 5.73 Å². The number of fused-ring (bicyclic) bond motifs is 1. The van der Waals surface area contributed by atoms with E-state index in [0.717, 1.165) is 20.8 Å². The molecule has 1 aliphatic rings. The van der Waals surface area contributed by atoms with Gasteiger partial charge in [-0.15, -0.1) is 5.10 Å². The smallest absolute Gasteiger partial charge is 0.283 e. The van der Waals surface area contributed by atoms with Crippen molar-refractivity contribution in [1.82, 2.24) is 9.19 Å². The number of anilines is 1. The van der Waals surface area contributed by atoms with Crippen LogP contribution in [0.25, 0.3) is 6.08 Å². The van der Waals surface area contributed by atoms with Crippen molar-refractivity contribution in [3.05, 3.63) is 119 Å². The molecule has 1 aliphatic carbocycles. The lowest BCUT2D eigenvalue weighted by atomic mass is 9.68. The Labute approximate surface area is 192 Å². The Kier molecular flexibility index (Phi) is 4.94. The van der Waals surface area contributed by atoms with Gasteiger partial charge in [-0.05, 0) is 42.3 Å². The first-order valence-electron chi connectivity index (χ1n) is 10.5. The number of halogens is 1. The molecular formula is C26H22FN3O2S. The van der Waals surface area contributed by atoms with E-state index in [4.69, 9.17) is 5.73 Å². The van der Waals surface area contributed by atoms with E-state index in [1.165, 1.54) is 12.1 Å². The molecule has 0 saturated carbocycles. The summed E-state index contributed by atoms with van der Waals surface area (Å²) in [6, 6.07) is 22.6. The van der Waals surface area contributed by atoms with Crippen molar-refractivity contribution in [2.24, 2.45) is 0 Å². The van der Waals surface area contributed by atoms with E-state index in [9.17, 15) is 12.8 Å². The lowest BCUT2D eigenvalue weighted by Crippen LogP contribution is -2.32. The van der Waals surface area contributed by atoms with Crippen LogP contribution in [-0.4, -0.2) is 17.6 Å². The minimum absolute atomic E-state index is 0.129. The van der Waals surface area contributed by atoms with E-state index in [2.05, 4.69) is 5.10 Å². The third-order valence-electron chi connectivity index (χ3n) is 6.17. The second-order valence-corrected chi connectivity index (χ2v) is 10.0. The average molecular weight is 460 g/mol. The zero-order chi connectivity index (χ0) is 23.2. The lowest BCUT2D eigenvalue weighted by molar-refractivity contribution is 0.562. The molecule has 4 aromatic rings. The highest BCUT2D eigenvalue weighted by atomic mass is 32.2. The Balaban J connectivity index is 1.72. The molecule has 0 saturated heterocycles.